The maximum absolute atomic E-state index is 11.8. The molecule has 5 nitrogen and oxygen atoms in total. The number of carbonyl (C=O) groups is 2. The molecule has 0 saturated carbocycles. The van der Waals surface area contributed by atoms with Crippen molar-refractivity contribution in [2.75, 3.05) is 6.61 Å². The Morgan fingerprint density at radius 1 is 1.40 bits per heavy atom. The molecular weight excluding hydrogens is 276 g/mol. The minimum atomic E-state index is -0.171. The molecular formula is C14H14N2O3S. The third-order valence-electron chi connectivity index (χ3n) is 3.09. The summed E-state index contributed by atoms with van der Waals surface area (Å²) < 4.78 is 5.38. The predicted octanol–water partition coefficient (Wildman–Crippen LogP) is 1.33. The van der Waals surface area contributed by atoms with E-state index in [1.54, 1.807) is 35.0 Å². The van der Waals surface area contributed by atoms with Crippen molar-refractivity contribution in [3.63, 3.8) is 0 Å². The van der Waals surface area contributed by atoms with E-state index in [0.717, 1.165) is 0 Å². The molecule has 1 aromatic rings. The minimum absolute atomic E-state index is 0.0117. The zero-order valence-corrected chi connectivity index (χ0v) is 11.5. The molecule has 1 unspecified atom stereocenters. The van der Waals surface area contributed by atoms with Crippen LogP contribution in [0.3, 0.4) is 0 Å². The summed E-state index contributed by atoms with van der Waals surface area (Å²) in [6.07, 6.45) is 4.11. The average molecular weight is 290 g/mol. The Morgan fingerprint density at radius 2 is 2.20 bits per heavy atom. The molecule has 2 heterocycles. The third-order valence-corrected chi connectivity index (χ3v) is 4.37. The highest BCUT2D eigenvalue weighted by Crippen LogP contribution is 2.35. The minimum Gasteiger partial charge on any atom is -0.484 e. The van der Waals surface area contributed by atoms with Crippen molar-refractivity contribution in [2.24, 2.45) is 0 Å². The monoisotopic (exact) mass is 290 g/mol. The van der Waals surface area contributed by atoms with Gasteiger partial charge in [0.25, 0.3) is 5.91 Å². The van der Waals surface area contributed by atoms with Crippen LogP contribution in [-0.4, -0.2) is 34.1 Å². The van der Waals surface area contributed by atoms with Gasteiger partial charge >= 0.3 is 0 Å². The zero-order valence-electron chi connectivity index (χ0n) is 10.7. The van der Waals surface area contributed by atoms with Gasteiger partial charge in [-0.25, -0.2) is 0 Å². The van der Waals surface area contributed by atoms with Gasteiger partial charge in [-0.1, -0.05) is 18.2 Å². The van der Waals surface area contributed by atoms with Gasteiger partial charge in [-0.2, -0.15) is 0 Å². The summed E-state index contributed by atoms with van der Waals surface area (Å²) in [6.45, 7) is -0.0117. The van der Waals surface area contributed by atoms with Crippen LogP contribution in [0.1, 0.15) is 6.42 Å². The molecule has 1 saturated heterocycles. The summed E-state index contributed by atoms with van der Waals surface area (Å²) in [5, 5.41) is 2.92. The van der Waals surface area contributed by atoms with Gasteiger partial charge in [-0.15, -0.1) is 11.8 Å². The van der Waals surface area contributed by atoms with Crippen LogP contribution in [-0.2, 0) is 9.59 Å². The quantitative estimate of drug-likeness (QED) is 0.850. The Kier molecular flexibility index (Phi) is 3.64. The average Bonchev–Trinajstić information content (AvgIpc) is 2.45. The number of amides is 2. The number of benzene rings is 1. The summed E-state index contributed by atoms with van der Waals surface area (Å²) in [5.41, 5.74) is 0. The molecule has 0 aromatic heterocycles. The van der Waals surface area contributed by atoms with Crippen molar-refractivity contribution in [2.45, 2.75) is 17.2 Å². The Hall–Kier alpha value is -1.95. The van der Waals surface area contributed by atoms with Gasteiger partial charge in [0.15, 0.2) is 6.61 Å². The molecule has 0 radical (unpaired) electrons. The number of carbonyl (C=O) groups excluding carboxylic acids is 2. The van der Waals surface area contributed by atoms with Crippen molar-refractivity contribution in [1.82, 2.24) is 10.2 Å². The molecule has 0 bridgehead atoms. The molecule has 104 valence electrons. The third kappa shape index (κ3) is 2.80. The van der Waals surface area contributed by atoms with Crippen LogP contribution >= 0.6 is 11.8 Å². The Balaban J connectivity index is 1.46. The second-order valence-electron chi connectivity index (χ2n) is 4.53. The van der Waals surface area contributed by atoms with Crippen LogP contribution in [0.25, 0.3) is 0 Å². The van der Waals surface area contributed by atoms with Crippen LogP contribution in [0, 0.1) is 0 Å². The number of thioether (sulfide) groups is 1. The first-order valence-electron chi connectivity index (χ1n) is 6.34. The zero-order chi connectivity index (χ0) is 13.9. The fraction of sp³-hybridized carbons (Fsp3) is 0.286. The van der Waals surface area contributed by atoms with Gasteiger partial charge in [0.05, 0.1) is 17.2 Å². The van der Waals surface area contributed by atoms with E-state index in [4.69, 9.17) is 4.74 Å². The number of hydrogen-bond acceptors (Lipinski definition) is 4. The first kappa shape index (κ1) is 13.1. The molecule has 2 aliphatic rings. The molecule has 6 heteroatoms. The topological polar surface area (TPSA) is 58.6 Å². The standard InChI is InChI=1S/C14H14N2O3S/c17-11(9-19-10-4-2-1-3-5-10)15-12-6-7-16-13(18)8-14(16)20-12/h1-7,12,14H,8-9H2,(H,15,17)/t12?,14-/m1/s1. The van der Waals surface area contributed by atoms with Gasteiger partial charge < -0.3 is 15.0 Å². The molecule has 1 aromatic carbocycles. The number of nitrogens with zero attached hydrogens (tertiary/aromatic N) is 1. The van der Waals surface area contributed by atoms with E-state index < -0.39 is 0 Å². The first-order chi connectivity index (χ1) is 9.72. The summed E-state index contributed by atoms with van der Waals surface area (Å²) >= 11 is 1.57. The van der Waals surface area contributed by atoms with Gasteiger partial charge in [0, 0.05) is 6.20 Å². The molecule has 0 spiro atoms. The van der Waals surface area contributed by atoms with E-state index in [1.165, 1.54) is 0 Å². The molecule has 2 amide bonds. The lowest BCUT2D eigenvalue weighted by molar-refractivity contribution is -0.137. The van der Waals surface area contributed by atoms with Crippen LogP contribution in [0.2, 0.25) is 0 Å². The lowest BCUT2D eigenvalue weighted by Crippen LogP contribution is -2.51. The Morgan fingerprint density at radius 3 is 2.90 bits per heavy atom. The second-order valence-corrected chi connectivity index (χ2v) is 5.85. The molecule has 3 rings (SSSR count). The molecule has 0 aliphatic carbocycles. The normalized spacial score (nSPS) is 23.8. The van der Waals surface area contributed by atoms with E-state index in [2.05, 4.69) is 5.32 Å². The van der Waals surface area contributed by atoms with Crippen molar-refractivity contribution in [1.29, 1.82) is 0 Å². The van der Waals surface area contributed by atoms with Crippen molar-refractivity contribution in [3.8, 4) is 5.75 Å². The van der Waals surface area contributed by atoms with E-state index in [-0.39, 0.29) is 29.2 Å². The van der Waals surface area contributed by atoms with E-state index in [0.29, 0.717) is 12.2 Å². The highest BCUT2D eigenvalue weighted by molar-refractivity contribution is 8.00. The van der Waals surface area contributed by atoms with Crippen LogP contribution < -0.4 is 10.1 Å². The van der Waals surface area contributed by atoms with Gasteiger partial charge in [-0.3, -0.25) is 9.59 Å². The fourth-order valence-electron chi connectivity index (χ4n) is 2.03. The van der Waals surface area contributed by atoms with E-state index in [1.807, 2.05) is 24.3 Å². The summed E-state index contributed by atoms with van der Waals surface area (Å²) in [5.74, 6) is 0.635. The maximum atomic E-state index is 11.8. The van der Waals surface area contributed by atoms with Crippen molar-refractivity contribution in [3.05, 3.63) is 42.6 Å². The van der Waals surface area contributed by atoms with Gasteiger partial charge in [-0.05, 0) is 18.2 Å². The highest BCUT2D eigenvalue weighted by Gasteiger charge is 2.39. The largest absolute Gasteiger partial charge is 0.484 e. The number of nitrogens with one attached hydrogen (secondary N) is 1. The molecule has 2 aliphatic heterocycles. The lowest BCUT2D eigenvalue weighted by atomic mass is 10.2. The smallest absolute Gasteiger partial charge is 0.259 e. The Bertz CT molecular complexity index is 547. The van der Waals surface area contributed by atoms with Crippen LogP contribution in [0.15, 0.2) is 42.6 Å². The second kappa shape index (κ2) is 5.58. The maximum Gasteiger partial charge on any atom is 0.259 e. The number of β-lactam (4-membered cyclic amide) rings is 1. The fourth-order valence-corrected chi connectivity index (χ4v) is 3.28. The number of rotatable bonds is 4. The van der Waals surface area contributed by atoms with Gasteiger partial charge in [0.2, 0.25) is 5.91 Å². The van der Waals surface area contributed by atoms with E-state index >= 15 is 0 Å². The number of hydrogen-bond donors (Lipinski definition) is 1. The predicted molar refractivity (Wildman–Crippen MR) is 75.8 cm³/mol. The molecule has 20 heavy (non-hydrogen) atoms. The summed E-state index contributed by atoms with van der Waals surface area (Å²) in [4.78, 5) is 24.7. The summed E-state index contributed by atoms with van der Waals surface area (Å²) in [7, 11) is 0. The first-order valence-corrected chi connectivity index (χ1v) is 7.29. The number of ether oxygens (including phenoxy) is 1. The van der Waals surface area contributed by atoms with Gasteiger partial charge in [0.1, 0.15) is 5.75 Å². The Labute approximate surface area is 121 Å². The molecule has 1 fully saturated rings. The van der Waals surface area contributed by atoms with E-state index in [9.17, 15) is 9.59 Å². The van der Waals surface area contributed by atoms with Crippen LogP contribution in [0.5, 0.6) is 5.75 Å². The number of para-hydroxylation sites is 1. The SMILES string of the molecule is O=C(COc1ccccc1)NC1C=CN2C(=O)C[C@H]2S1. The van der Waals surface area contributed by atoms with Crippen molar-refractivity contribution >= 4 is 23.6 Å². The lowest BCUT2D eigenvalue weighted by Gasteiger charge is -2.41. The molecule has 1 N–H and O–H groups in total. The van der Waals surface area contributed by atoms with Crippen LogP contribution in [0.4, 0.5) is 0 Å². The highest BCUT2D eigenvalue weighted by atomic mass is 32.2. The molecule has 2 atom stereocenters. The number of fused-ring (bicyclic) bond motifs is 1. The summed E-state index contributed by atoms with van der Waals surface area (Å²) in [6, 6.07) is 9.22. The van der Waals surface area contributed by atoms with Crippen molar-refractivity contribution < 1.29 is 14.3 Å².